The summed E-state index contributed by atoms with van der Waals surface area (Å²) >= 11 is 0. The maximum absolute atomic E-state index is 12.8. The lowest BCUT2D eigenvalue weighted by molar-refractivity contribution is -0.122. The Morgan fingerprint density at radius 2 is 1.85 bits per heavy atom. The number of benzene rings is 2. The fourth-order valence-corrected chi connectivity index (χ4v) is 4.05. The molecule has 0 radical (unpaired) electrons. The predicted octanol–water partition coefficient (Wildman–Crippen LogP) is 1.34. The maximum Gasteiger partial charge on any atom is 0.242 e. The lowest BCUT2D eigenvalue weighted by Gasteiger charge is -2.20. The Morgan fingerprint density at radius 3 is 2.54 bits per heavy atom. The number of rotatable bonds is 5. The van der Waals surface area contributed by atoms with Crippen LogP contribution in [0.5, 0.6) is 0 Å². The van der Waals surface area contributed by atoms with Gasteiger partial charge in [-0.1, -0.05) is 30.3 Å². The van der Waals surface area contributed by atoms with E-state index in [2.05, 4.69) is 15.4 Å². The lowest BCUT2D eigenvalue weighted by Crippen LogP contribution is -2.39. The van der Waals surface area contributed by atoms with Gasteiger partial charge in [-0.3, -0.25) is 9.59 Å². The molecule has 3 rings (SSSR count). The average Bonchev–Trinajstić information content (AvgIpc) is 2.65. The van der Waals surface area contributed by atoms with E-state index < -0.39 is 22.0 Å². The molecule has 2 aromatic rings. The Labute approximate surface area is 151 Å². The van der Waals surface area contributed by atoms with Gasteiger partial charge in [0.2, 0.25) is 21.8 Å². The largest absolute Gasteiger partial charge is 0.357 e. The molecule has 1 atom stereocenters. The van der Waals surface area contributed by atoms with Gasteiger partial charge < -0.3 is 10.6 Å². The van der Waals surface area contributed by atoms with Crippen LogP contribution in [0.15, 0.2) is 53.4 Å². The van der Waals surface area contributed by atoms with Crippen LogP contribution < -0.4 is 15.4 Å². The second-order valence-corrected chi connectivity index (χ2v) is 7.66. The summed E-state index contributed by atoms with van der Waals surface area (Å²) in [7, 11) is -2.48. The summed E-state index contributed by atoms with van der Waals surface area (Å²) in [5.74, 6) is -0.542. The molecule has 136 valence electrons. The number of carbonyl (C=O) groups is 2. The Kier molecular flexibility index (Phi) is 5.06. The zero-order chi connectivity index (χ0) is 18.7. The third-order valence-corrected chi connectivity index (χ3v) is 5.62. The Morgan fingerprint density at radius 1 is 1.12 bits per heavy atom. The molecule has 1 aliphatic rings. The van der Waals surface area contributed by atoms with Gasteiger partial charge in [0, 0.05) is 19.2 Å². The Hall–Kier alpha value is -2.71. The first-order chi connectivity index (χ1) is 12.4. The van der Waals surface area contributed by atoms with Crippen LogP contribution in [-0.2, 0) is 26.0 Å². The van der Waals surface area contributed by atoms with Gasteiger partial charge in [0.05, 0.1) is 4.90 Å². The molecule has 0 saturated heterocycles. The van der Waals surface area contributed by atoms with E-state index >= 15 is 0 Å². The number of anilines is 1. The molecular formula is C18H19N3O4S. The van der Waals surface area contributed by atoms with Gasteiger partial charge in [-0.15, -0.1) is 0 Å². The topological polar surface area (TPSA) is 104 Å². The standard InChI is InChI=1S/C18H19N3O4S/c1-19-18(23)17(12-5-3-2-4-6-12)21-26(24,25)14-8-9-15-13(11-14)7-10-16(22)20-15/h2-6,8-9,11,17,21H,7,10H2,1H3,(H,19,23)(H,20,22)/t17-/m1/s1. The average molecular weight is 373 g/mol. The first-order valence-electron chi connectivity index (χ1n) is 8.12. The van der Waals surface area contributed by atoms with Crippen LogP contribution in [0.4, 0.5) is 5.69 Å². The molecule has 7 nitrogen and oxygen atoms in total. The molecule has 0 bridgehead atoms. The van der Waals surface area contributed by atoms with Crippen LogP contribution in [0.3, 0.4) is 0 Å². The second kappa shape index (κ2) is 7.27. The zero-order valence-corrected chi connectivity index (χ0v) is 15.0. The molecule has 0 aliphatic carbocycles. The highest BCUT2D eigenvalue weighted by atomic mass is 32.2. The summed E-state index contributed by atoms with van der Waals surface area (Å²) in [5, 5.41) is 5.19. The Bertz CT molecular complexity index is 942. The van der Waals surface area contributed by atoms with E-state index in [-0.39, 0.29) is 10.8 Å². The van der Waals surface area contributed by atoms with Crippen molar-refractivity contribution in [2.75, 3.05) is 12.4 Å². The molecule has 0 unspecified atom stereocenters. The second-order valence-electron chi connectivity index (χ2n) is 5.95. The quantitative estimate of drug-likeness (QED) is 0.735. The summed E-state index contributed by atoms with van der Waals surface area (Å²) in [6, 6.07) is 12.1. The van der Waals surface area contributed by atoms with Gasteiger partial charge in [0.15, 0.2) is 0 Å². The lowest BCUT2D eigenvalue weighted by atomic mass is 10.0. The third-order valence-electron chi connectivity index (χ3n) is 4.20. The van der Waals surface area contributed by atoms with E-state index in [1.54, 1.807) is 36.4 Å². The van der Waals surface area contributed by atoms with Crippen molar-refractivity contribution >= 4 is 27.5 Å². The third kappa shape index (κ3) is 3.76. The fraction of sp³-hybridized carbons (Fsp3) is 0.222. The molecule has 0 saturated carbocycles. The van der Waals surface area contributed by atoms with Crippen molar-refractivity contribution in [2.45, 2.75) is 23.8 Å². The number of hydrogen-bond donors (Lipinski definition) is 3. The van der Waals surface area contributed by atoms with Crippen molar-refractivity contribution in [3.05, 3.63) is 59.7 Å². The highest BCUT2D eigenvalue weighted by Crippen LogP contribution is 2.26. The van der Waals surface area contributed by atoms with Crippen LogP contribution in [-0.4, -0.2) is 27.3 Å². The van der Waals surface area contributed by atoms with Crippen molar-refractivity contribution < 1.29 is 18.0 Å². The molecule has 8 heteroatoms. The molecule has 1 aliphatic heterocycles. The van der Waals surface area contributed by atoms with Gasteiger partial charge in [-0.2, -0.15) is 4.72 Å². The van der Waals surface area contributed by atoms with Crippen LogP contribution in [0.25, 0.3) is 0 Å². The summed E-state index contributed by atoms with van der Waals surface area (Å²) in [5.41, 5.74) is 1.91. The maximum atomic E-state index is 12.8. The van der Waals surface area contributed by atoms with Crippen LogP contribution in [0.2, 0.25) is 0 Å². The highest BCUT2D eigenvalue weighted by Gasteiger charge is 2.27. The van der Waals surface area contributed by atoms with Gasteiger partial charge in [-0.05, 0) is 35.7 Å². The highest BCUT2D eigenvalue weighted by molar-refractivity contribution is 7.89. The number of fused-ring (bicyclic) bond motifs is 1. The molecule has 0 fully saturated rings. The fourth-order valence-electron chi connectivity index (χ4n) is 2.81. The predicted molar refractivity (Wildman–Crippen MR) is 97.0 cm³/mol. The van der Waals surface area contributed by atoms with Crippen molar-refractivity contribution in [1.29, 1.82) is 0 Å². The monoisotopic (exact) mass is 373 g/mol. The van der Waals surface area contributed by atoms with E-state index in [9.17, 15) is 18.0 Å². The van der Waals surface area contributed by atoms with Crippen LogP contribution >= 0.6 is 0 Å². The van der Waals surface area contributed by atoms with E-state index in [1.165, 1.54) is 19.2 Å². The zero-order valence-electron chi connectivity index (χ0n) is 14.2. The number of amides is 2. The first-order valence-corrected chi connectivity index (χ1v) is 9.60. The smallest absolute Gasteiger partial charge is 0.242 e. The van der Waals surface area contributed by atoms with Crippen LogP contribution in [0, 0.1) is 0 Å². The number of carbonyl (C=O) groups excluding carboxylic acids is 2. The van der Waals surface area contributed by atoms with Crippen molar-refractivity contribution in [2.24, 2.45) is 0 Å². The molecule has 1 heterocycles. The van der Waals surface area contributed by atoms with E-state index in [4.69, 9.17) is 0 Å². The van der Waals surface area contributed by atoms with Crippen molar-refractivity contribution in [3.63, 3.8) is 0 Å². The minimum atomic E-state index is -3.93. The number of nitrogens with one attached hydrogen (secondary N) is 3. The SMILES string of the molecule is CNC(=O)[C@H](NS(=O)(=O)c1ccc2c(c1)CCC(=O)N2)c1ccccc1. The number of sulfonamides is 1. The van der Waals surface area contributed by atoms with Crippen molar-refractivity contribution in [3.8, 4) is 0 Å². The number of likely N-dealkylation sites (N-methyl/N-ethyl adjacent to an activating group) is 1. The van der Waals surface area contributed by atoms with Gasteiger partial charge in [-0.25, -0.2) is 8.42 Å². The first kappa shape index (κ1) is 18.1. The van der Waals surface area contributed by atoms with Gasteiger partial charge >= 0.3 is 0 Å². The molecule has 2 amide bonds. The van der Waals surface area contributed by atoms with E-state index in [1.807, 2.05) is 0 Å². The minimum Gasteiger partial charge on any atom is -0.357 e. The van der Waals surface area contributed by atoms with E-state index in [0.717, 1.165) is 5.56 Å². The summed E-state index contributed by atoms with van der Waals surface area (Å²) < 4.78 is 28.1. The van der Waals surface area contributed by atoms with Gasteiger partial charge in [0.1, 0.15) is 6.04 Å². The summed E-state index contributed by atoms with van der Waals surface area (Å²) in [6.07, 6.45) is 0.789. The van der Waals surface area contributed by atoms with E-state index in [0.29, 0.717) is 24.1 Å². The molecule has 0 spiro atoms. The molecule has 2 aromatic carbocycles. The number of aryl methyl sites for hydroxylation is 1. The summed E-state index contributed by atoms with van der Waals surface area (Å²) in [4.78, 5) is 23.7. The van der Waals surface area contributed by atoms with Gasteiger partial charge in [0.25, 0.3) is 0 Å². The normalized spacial score (nSPS) is 14.9. The van der Waals surface area contributed by atoms with Crippen molar-refractivity contribution in [1.82, 2.24) is 10.0 Å². The molecule has 3 N–H and O–H groups in total. The molecule has 0 aromatic heterocycles. The molecular weight excluding hydrogens is 354 g/mol. The van der Waals surface area contributed by atoms with Crippen LogP contribution in [0.1, 0.15) is 23.6 Å². The number of hydrogen-bond acceptors (Lipinski definition) is 4. The summed E-state index contributed by atoms with van der Waals surface area (Å²) in [6.45, 7) is 0. The molecule has 26 heavy (non-hydrogen) atoms. The Balaban J connectivity index is 1.92. The minimum absolute atomic E-state index is 0.0530.